The Morgan fingerprint density at radius 1 is 1.16 bits per heavy atom. The van der Waals surface area contributed by atoms with Crippen LogP contribution in [0, 0.1) is 11.6 Å². The highest BCUT2D eigenvalue weighted by atomic mass is 19.1. The molecule has 2 fully saturated rings. The second-order valence-electron chi connectivity index (χ2n) is 8.45. The highest BCUT2D eigenvalue weighted by Crippen LogP contribution is 2.33. The number of nitrogen functional groups attached to an aromatic ring is 1. The van der Waals surface area contributed by atoms with Gasteiger partial charge in [0.2, 0.25) is 0 Å². The number of hydrogen-bond acceptors (Lipinski definition) is 8. The number of imide groups is 1. The molecule has 13 heteroatoms. The normalized spacial score (nSPS) is 18.8. The fraction of sp³-hybridized carbons (Fsp3) is 0.208. The number of ether oxygens (including phenoxy) is 1. The van der Waals surface area contributed by atoms with Crippen molar-refractivity contribution in [2.24, 2.45) is 0 Å². The van der Waals surface area contributed by atoms with Crippen LogP contribution in [-0.2, 0) is 4.74 Å². The maximum atomic E-state index is 14.3. The molecule has 0 radical (unpaired) electrons. The number of nitrogens with two attached hydrogens (primary N) is 1. The molecule has 1 aromatic carbocycles. The lowest BCUT2D eigenvalue weighted by Gasteiger charge is -2.36. The van der Waals surface area contributed by atoms with E-state index in [1.807, 2.05) is 0 Å². The number of carbonyl (C=O) groups is 3. The summed E-state index contributed by atoms with van der Waals surface area (Å²) in [6.45, 7) is 0.551. The molecule has 0 bridgehead atoms. The summed E-state index contributed by atoms with van der Waals surface area (Å²) in [5.41, 5.74) is 5.97. The number of carbonyl (C=O) groups excluding carboxylic acids is 2. The van der Waals surface area contributed by atoms with E-state index < -0.39 is 47.4 Å². The molecule has 190 valence electrons. The molecule has 0 aliphatic carbocycles. The molecule has 2 aromatic heterocycles. The van der Waals surface area contributed by atoms with Crippen molar-refractivity contribution in [3.8, 4) is 11.3 Å². The number of nitrogens with zero attached hydrogens (tertiary/aromatic N) is 4. The van der Waals surface area contributed by atoms with E-state index in [2.05, 4.69) is 15.3 Å². The average molecular weight is 510 g/mol. The number of aromatic nitrogens is 2. The Kier molecular flexibility index (Phi) is 6.03. The van der Waals surface area contributed by atoms with Gasteiger partial charge in [0.25, 0.3) is 5.91 Å². The summed E-state index contributed by atoms with van der Waals surface area (Å²) in [5.74, 6) is -2.43. The Morgan fingerprint density at radius 2 is 1.92 bits per heavy atom. The number of halogens is 2. The van der Waals surface area contributed by atoms with Crippen molar-refractivity contribution in [3.05, 3.63) is 66.1 Å². The number of piperidine rings is 1. The number of amides is 3. The molecule has 5 rings (SSSR count). The largest absolute Gasteiger partial charge is 0.465 e. The van der Waals surface area contributed by atoms with Crippen LogP contribution in [0.15, 0.2) is 48.8 Å². The molecule has 4 N–H and O–H groups in total. The minimum absolute atomic E-state index is 0.0111. The lowest BCUT2D eigenvalue weighted by atomic mass is 10.0. The van der Waals surface area contributed by atoms with Crippen LogP contribution in [0.5, 0.6) is 0 Å². The van der Waals surface area contributed by atoms with Gasteiger partial charge in [-0.05, 0) is 30.3 Å². The van der Waals surface area contributed by atoms with E-state index in [4.69, 9.17) is 10.5 Å². The zero-order chi connectivity index (χ0) is 26.3. The second kappa shape index (κ2) is 9.33. The van der Waals surface area contributed by atoms with Gasteiger partial charge in [-0.3, -0.25) is 9.78 Å². The molecule has 3 aromatic rings. The molecule has 2 atom stereocenters. The molecule has 0 spiro atoms. The van der Waals surface area contributed by atoms with Crippen LogP contribution in [-0.4, -0.2) is 63.3 Å². The van der Waals surface area contributed by atoms with Crippen molar-refractivity contribution < 1.29 is 33.0 Å². The van der Waals surface area contributed by atoms with Gasteiger partial charge in [-0.15, -0.1) is 0 Å². The van der Waals surface area contributed by atoms with E-state index in [1.54, 1.807) is 11.0 Å². The van der Waals surface area contributed by atoms with Gasteiger partial charge in [0.05, 0.1) is 34.5 Å². The second-order valence-corrected chi connectivity index (χ2v) is 8.45. The number of nitrogens with one attached hydrogen (secondary N) is 1. The predicted molar refractivity (Wildman–Crippen MR) is 127 cm³/mol. The monoisotopic (exact) mass is 510 g/mol. The molecule has 2 aliphatic heterocycles. The van der Waals surface area contributed by atoms with E-state index in [-0.39, 0.29) is 29.3 Å². The minimum atomic E-state index is -1.41. The van der Waals surface area contributed by atoms with Gasteiger partial charge in [0.1, 0.15) is 23.8 Å². The number of hydrogen-bond donors (Lipinski definition) is 3. The highest BCUT2D eigenvalue weighted by molar-refractivity contribution is 6.08. The van der Waals surface area contributed by atoms with Gasteiger partial charge in [-0.2, -0.15) is 0 Å². The smallest absolute Gasteiger partial charge is 0.420 e. The quantitative estimate of drug-likeness (QED) is 0.480. The van der Waals surface area contributed by atoms with Gasteiger partial charge >= 0.3 is 12.2 Å². The minimum Gasteiger partial charge on any atom is -0.465 e. The Balaban J connectivity index is 1.41. The molecule has 11 nitrogen and oxygen atoms in total. The molecular formula is C24H20F2N6O5. The Bertz CT molecular complexity index is 1400. The van der Waals surface area contributed by atoms with Crippen LogP contribution in [0.1, 0.15) is 16.9 Å². The van der Waals surface area contributed by atoms with Crippen molar-refractivity contribution in [1.82, 2.24) is 14.9 Å². The first-order chi connectivity index (χ1) is 17.7. The summed E-state index contributed by atoms with van der Waals surface area (Å²) in [5, 5.41) is 12.1. The average Bonchev–Trinajstić information content (AvgIpc) is 3.20. The van der Waals surface area contributed by atoms with E-state index in [0.717, 1.165) is 12.1 Å². The predicted octanol–water partition coefficient (Wildman–Crippen LogP) is 3.33. The van der Waals surface area contributed by atoms with Crippen molar-refractivity contribution in [2.75, 3.05) is 29.0 Å². The Hall–Kier alpha value is -4.81. The lowest BCUT2D eigenvalue weighted by Crippen LogP contribution is -2.52. The lowest BCUT2D eigenvalue weighted by molar-refractivity contribution is 0.102. The molecule has 37 heavy (non-hydrogen) atoms. The van der Waals surface area contributed by atoms with Crippen molar-refractivity contribution in [1.29, 1.82) is 0 Å². The standard InChI is InChI=1S/C24H20F2N6O5/c25-12-2-1-3-13(26)20(12)15-5-4-14(27)21(29-15)22(33)30-16-10-28-8-6-17(16)31-9-7-19-18(11-31)32(23(34)35)24(36)37-19/h1-6,8,10,18-19H,7,9,11,27H2,(H,30,33)(H,34,35). The fourth-order valence-electron chi connectivity index (χ4n) is 4.53. The molecule has 0 saturated carbocycles. The first kappa shape index (κ1) is 23.9. The summed E-state index contributed by atoms with van der Waals surface area (Å²) >= 11 is 0. The zero-order valence-corrected chi connectivity index (χ0v) is 19.1. The highest BCUT2D eigenvalue weighted by Gasteiger charge is 2.48. The molecule has 2 saturated heterocycles. The van der Waals surface area contributed by atoms with Gasteiger partial charge in [-0.25, -0.2) is 28.3 Å². The topological polar surface area (TPSA) is 151 Å². The third kappa shape index (κ3) is 4.35. The third-order valence-corrected chi connectivity index (χ3v) is 6.25. The maximum absolute atomic E-state index is 14.3. The number of carboxylic acid groups (broad SMARTS) is 1. The summed E-state index contributed by atoms with van der Waals surface area (Å²) < 4.78 is 33.7. The fourth-order valence-corrected chi connectivity index (χ4v) is 4.53. The maximum Gasteiger partial charge on any atom is 0.420 e. The van der Waals surface area contributed by atoms with Gasteiger partial charge in [0.15, 0.2) is 5.69 Å². The molecule has 3 amide bonds. The van der Waals surface area contributed by atoms with Gasteiger partial charge in [0, 0.05) is 25.7 Å². The number of anilines is 3. The number of benzene rings is 1. The zero-order valence-electron chi connectivity index (χ0n) is 19.1. The van der Waals surface area contributed by atoms with Crippen LogP contribution in [0.4, 0.5) is 35.4 Å². The van der Waals surface area contributed by atoms with Crippen LogP contribution in [0.3, 0.4) is 0 Å². The summed E-state index contributed by atoms with van der Waals surface area (Å²) in [6.07, 6.45) is 0.374. The summed E-state index contributed by atoms with van der Waals surface area (Å²) in [7, 11) is 0. The molecule has 4 heterocycles. The Morgan fingerprint density at radius 3 is 2.65 bits per heavy atom. The summed E-state index contributed by atoms with van der Waals surface area (Å²) in [4.78, 5) is 47.3. The van der Waals surface area contributed by atoms with Crippen LogP contribution >= 0.6 is 0 Å². The van der Waals surface area contributed by atoms with Crippen molar-refractivity contribution in [2.45, 2.75) is 18.6 Å². The van der Waals surface area contributed by atoms with E-state index >= 15 is 0 Å². The van der Waals surface area contributed by atoms with Crippen LogP contribution in [0.25, 0.3) is 11.3 Å². The Labute approximate surface area is 208 Å². The molecule has 2 aliphatic rings. The van der Waals surface area contributed by atoms with Gasteiger partial charge in [-0.1, -0.05) is 6.07 Å². The molecular weight excluding hydrogens is 490 g/mol. The van der Waals surface area contributed by atoms with E-state index in [0.29, 0.717) is 23.6 Å². The van der Waals surface area contributed by atoms with Crippen LogP contribution in [0.2, 0.25) is 0 Å². The van der Waals surface area contributed by atoms with E-state index in [9.17, 15) is 28.3 Å². The first-order valence-electron chi connectivity index (χ1n) is 11.2. The summed E-state index contributed by atoms with van der Waals surface area (Å²) in [6, 6.07) is 6.92. The van der Waals surface area contributed by atoms with Crippen molar-refractivity contribution in [3.63, 3.8) is 0 Å². The molecule has 2 unspecified atom stereocenters. The first-order valence-corrected chi connectivity index (χ1v) is 11.2. The number of pyridine rings is 2. The number of fused-ring (bicyclic) bond motifs is 1. The third-order valence-electron chi connectivity index (χ3n) is 6.25. The number of rotatable bonds is 4. The van der Waals surface area contributed by atoms with Gasteiger partial charge < -0.3 is 25.8 Å². The van der Waals surface area contributed by atoms with Crippen LogP contribution < -0.4 is 16.0 Å². The SMILES string of the molecule is Nc1ccc(-c2c(F)cccc2F)nc1C(=O)Nc1cnccc1N1CCC2OC(=O)N(C(=O)O)C2C1. The van der Waals surface area contributed by atoms with Crippen molar-refractivity contribution >= 4 is 35.2 Å². The van der Waals surface area contributed by atoms with E-state index in [1.165, 1.54) is 30.6 Å².